The number of pyridine rings is 1. The van der Waals surface area contributed by atoms with E-state index in [0.717, 1.165) is 17.9 Å². The molecule has 0 radical (unpaired) electrons. The van der Waals surface area contributed by atoms with E-state index in [0.29, 0.717) is 29.9 Å². The van der Waals surface area contributed by atoms with Crippen LogP contribution in [0.4, 0.5) is 0 Å². The maximum Gasteiger partial charge on any atom is 0.212 e. The third-order valence-electron chi connectivity index (χ3n) is 4.54. The van der Waals surface area contributed by atoms with E-state index in [-0.39, 0.29) is 0 Å². The number of aromatic nitrogens is 1. The SMILES string of the molecule is COc1ccc(CC(=O)C2CC3CCC2C3)cn1. The van der Waals surface area contributed by atoms with Crippen LogP contribution in [0.25, 0.3) is 0 Å². The molecule has 1 aromatic rings. The molecule has 2 aliphatic rings. The van der Waals surface area contributed by atoms with Crippen LogP contribution in [0.3, 0.4) is 0 Å². The van der Waals surface area contributed by atoms with Crippen LogP contribution >= 0.6 is 0 Å². The molecule has 0 amide bonds. The molecule has 3 nitrogen and oxygen atoms in total. The number of methoxy groups -OCH3 is 1. The van der Waals surface area contributed by atoms with Gasteiger partial charge in [0.1, 0.15) is 5.78 Å². The molecule has 2 saturated carbocycles. The summed E-state index contributed by atoms with van der Waals surface area (Å²) in [5.74, 6) is 2.85. The summed E-state index contributed by atoms with van der Waals surface area (Å²) in [4.78, 5) is 16.5. The normalized spacial score (nSPS) is 29.5. The summed E-state index contributed by atoms with van der Waals surface area (Å²) in [7, 11) is 1.60. The Morgan fingerprint density at radius 3 is 2.83 bits per heavy atom. The van der Waals surface area contributed by atoms with Gasteiger partial charge in [0.2, 0.25) is 5.88 Å². The highest BCUT2D eigenvalue weighted by molar-refractivity contribution is 5.84. The summed E-state index contributed by atoms with van der Waals surface area (Å²) < 4.78 is 5.02. The molecular weight excluding hydrogens is 226 g/mol. The summed E-state index contributed by atoms with van der Waals surface area (Å²) in [6.45, 7) is 0. The van der Waals surface area contributed by atoms with Crippen molar-refractivity contribution in [2.24, 2.45) is 17.8 Å². The molecule has 2 bridgehead atoms. The Morgan fingerprint density at radius 2 is 2.28 bits per heavy atom. The van der Waals surface area contributed by atoms with Gasteiger partial charge < -0.3 is 4.74 Å². The number of ketones is 1. The van der Waals surface area contributed by atoms with Crippen LogP contribution in [0.2, 0.25) is 0 Å². The van der Waals surface area contributed by atoms with Crippen molar-refractivity contribution < 1.29 is 9.53 Å². The Bertz CT molecular complexity index is 440. The van der Waals surface area contributed by atoms with Gasteiger partial charge in [-0.2, -0.15) is 0 Å². The van der Waals surface area contributed by atoms with E-state index >= 15 is 0 Å². The molecule has 3 rings (SSSR count). The first kappa shape index (κ1) is 11.7. The van der Waals surface area contributed by atoms with Crippen LogP contribution in [0.1, 0.15) is 31.2 Å². The van der Waals surface area contributed by atoms with E-state index in [2.05, 4.69) is 4.98 Å². The number of nitrogens with zero attached hydrogens (tertiary/aromatic N) is 1. The second-order valence-electron chi connectivity index (χ2n) is 5.63. The van der Waals surface area contributed by atoms with E-state index in [4.69, 9.17) is 4.74 Å². The van der Waals surface area contributed by atoms with Gasteiger partial charge in [0.15, 0.2) is 0 Å². The fraction of sp³-hybridized carbons (Fsp3) is 0.600. The largest absolute Gasteiger partial charge is 0.481 e. The van der Waals surface area contributed by atoms with Gasteiger partial charge in [-0.15, -0.1) is 0 Å². The molecule has 0 aliphatic heterocycles. The maximum atomic E-state index is 12.3. The molecule has 3 unspecified atom stereocenters. The van der Waals surface area contributed by atoms with Gasteiger partial charge in [-0.25, -0.2) is 4.98 Å². The first-order valence-corrected chi connectivity index (χ1v) is 6.78. The lowest BCUT2D eigenvalue weighted by Crippen LogP contribution is -2.22. The standard InChI is InChI=1S/C15H19NO2/c1-18-15-5-3-11(9-16-15)8-14(17)13-7-10-2-4-12(13)6-10/h3,5,9-10,12-13H,2,4,6-8H2,1H3. The van der Waals surface area contributed by atoms with Crippen molar-refractivity contribution in [1.29, 1.82) is 0 Å². The molecule has 3 heteroatoms. The molecule has 2 fully saturated rings. The zero-order valence-electron chi connectivity index (χ0n) is 10.8. The summed E-state index contributed by atoms with van der Waals surface area (Å²) in [6.07, 6.45) is 7.32. The number of rotatable bonds is 4. The lowest BCUT2D eigenvalue weighted by Gasteiger charge is -2.20. The van der Waals surface area contributed by atoms with Crippen LogP contribution in [-0.4, -0.2) is 17.9 Å². The number of hydrogen-bond donors (Lipinski definition) is 0. The average Bonchev–Trinajstić information content (AvgIpc) is 3.02. The Hall–Kier alpha value is -1.38. The minimum absolute atomic E-state index is 0.325. The number of carbonyl (C=O) groups is 1. The molecule has 3 atom stereocenters. The summed E-state index contributed by atoms with van der Waals surface area (Å²) in [5.41, 5.74) is 1.00. The quantitative estimate of drug-likeness (QED) is 0.818. The van der Waals surface area contributed by atoms with Crippen LogP contribution in [0.5, 0.6) is 5.88 Å². The number of Topliss-reactive ketones (excluding diaryl/α,β-unsaturated/α-hetero) is 1. The number of fused-ring (bicyclic) bond motifs is 2. The molecule has 2 aliphatic carbocycles. The summed E-state index contributed by atoms with van der Waals surface area (Å²) in [5, 5.41) is 0. The fourth-order valence-electron chi connectivity index (χ4n) is 3.61. The third-order valence-corrected chi connectivity index (χ3v) is 4.54. The van der Waals surface area contributed by atoms with Gasteiger partial charge in [0, 0.05) is 24.6 Å². The van der Waals surface area contributed by atoms with Gasteiger partial charge in [0.05, 0.1) is 7.11 Å². The highest BCUT2D eigenvalue weighted by Crippen LogP contribution is 2.48. The number of ether oxygens (including phenoxy) is 1. The summed E-state index contributed by atoms with van der Waals surface area (Å²) >= 11 is 0. The molecule has 1 aromatic heterocycles. The average molecular weight is 245 g/mol. The Kier molecular flexibility index (Phi) is 3.06. The van der Waals surface area contributed by atoms with Crippen molar-refractivity contribution in [3.63, 3.8) is 0 Å². The monoisotopic (exact) mass is 245 g/mol. The predicted molar refractivity (Wildman–Crippen MR) is 68.4 cm³/mol. The molecule has 0 spiro atoms. The molecule has 96 valence electrons. The Labute approximate surface area is 108 Å². The van der Waals surface area contributed by atoms with E-state index in [1.807, 2.05) is 12.1 Å². The second-order valence-corrected chi connectivity index (χ2v) is 5.63. The number of hydrogen-bond acceptors (Lipinski definition) is 3. The zero-order valence-corrected chi connectivity index (χ0v) is 10.8. The van der Waals surface area contributed by atoms with E-state index in [1.54, 1.807) is 13.3 Å². The van der Waals surface area contributed by atoms with Gasteiger partial charge in [-0.3, -0.25) is 4.79 Å². The highest BCUT2D eigenvalue weighted by atomic mass is 16.5. The van der Waals surface area contributed by atoms with Crippen LogP contribution in [0.15, 0.2) is 18.3 Å². The van der Waals surface area contributed by atoms with Gasteiger partial charge >= 0.3 is 0 Å². The van der Waals surface area contributed by atoms with Crippen molar-refractivity contribution in [3.8, 4) is 5.88 Å². The van der Waals surface area contributed by atoms with Gasteiger partial charge in [-0.1, -0.05) is 12.5 Å². The molecule has 1 heterocycles. The van der Waals surface area contributed by atoms with Crippen LogP contribution < -0.4 is 4.74 Å². The van der Waals surface area contributed by atoms with Crippen molar-refractivity contribution >= 4 is 5.78 Å². The Balaban J connectivity index is 1.63. The summed E-state index contributed by atoms with van der Waals surface area (Å²) in [6, 6.07) is 3.76. The first-order chi connectivity index (χ1) is 8.76. The molecule has 0 aromatic carbocycles. The van der Waals surface area contributed by atoms with Gasteiger partial charge in [-0.05, 0) is 36.7 Å². The molecule has 0 N–H and O–H groups in total. The van der Waals surface area contributed by atoms with Crippen molar-refractivity contribution in [2.45, 2.75) is 32.1 Å². The van der Waals surface area contributed by atoms with Gasteiger partial charge in [0.25, 0.3) is 0 Å². The minimum Gasteiger partial charge on any atom is -0.481 e. The third kappa shape index (κ3) is 2.14. The minimum atomic E-state index is 0.325. The topological polar surface area (TPSA) is 39.2 Å². The van der Waals surface area contributed by atoms with E-state index < -0.39 is 0 Å². The first-order valence-electron chi connectivity index (χ1n) is 6.78. The second kappa shape index (κ2) is 4.71. The highest BCUT2D eigenvalue weighted by Gasteiger charge is 2.42. The lowest BCUT2D eigenvalue weighted by molar-refractivity contribution is -0.123. The lowest BCUT2D eigenvalue weighted by atomic mass is 9.84. The van der Waals surface area contributed by atoms with Crippen molar-refractivity contribution in [1.82, 2.24) is 4.98 Å². The smallest absolute Gasteiger partial charge is 0.212 e. The molecule has 0 saturated heterocycles. The van der Waals surface area contributed by atoms with Crippen molar-refractivity contribution in [3.05, 3.63) is 23.9 Å². The van der Waals surface area contributed by atoms with Crippen molar-refractivity contribution in [2.75, 3.05) is 7.11 Å². The Morgan fingerprint density at radius 1 is 1.39 bits per heavy atom. The van der Waals surface area contributed by atoms with E-state index in [9.17, 15) is 4.79 Å². The predicted octanol–water partition coefficient (Wildman–Crippen LogP) is 2.64. The maximum absolute atomic E-state index is 12.3. The van der Waals surface area contributed by atoms with Crippen LogP contribution in [0, 0.1) is 17.8 Å². The zero-order chi connectivity index (χ0) is 12.5. The molecular formula is C15H19NO2. The van der Waals surface area contributed by atoms with E-state index in [1.165, 1.54) is 19.3 Å². The number of carbonyl (C=O) groups excluding carboxylic acids is 1. The molecule has 18 heavy (non-hydrogen) atoms. The van der Waals surface area contributed by atoms with Crippen LogP contribution in [-0.2, 0) is 11.2 Å². The fourth-order valence-corrected chi connectivity index (χ4v) is 3.61.